The quantitative estimate of drug-likeness (QED) is 0.198. The van der Waals surface area contributed by atoms with Gasteiger partial charge in [-0.2, -0.15) is 0 Å². The highest BCUT2D eigenvalue weighted by Crippen LogP contribution is 2.23. The van der Waals surface area contributed by atoms with Crippen molar-refractivity contribution in [3.8, 4) is 0 Å². The number of carboxylic acids is 1. The Balaban J connectivity index is 3.28. The lowest BCUT2D eigenvalue weighted by Crippen LogP contribution is -2.28. The summed E-state index contributed by atoms with van der Waals surface area (Å²) in [6.07, 6.45) is 19.0. The highest BCUT2D eigenvalue weighted by atomic mass is 16.4. The summed E-state index contributed by atoms with van der Waals surface area (Å²) in [5.74, 6) is -0.998. The van der Waals surface area contributed by atoms with E-state index in [0.717, 1.165) is 19.3 Å². The van der Waals surface area contributed by atoms with E-state index in [1.54, 1.807) is 0 Å². The minimum atomic E-state index is -1.18. The molecule has 0 bridgehead atoms. The number of carbonyl (C=O) groups excluding carboxylic acids is 1. The van der Waals surface area contributed by atoms with Crippen LogP contribution in [0.2, 0.25) is 0 Å². The van der Waals surface area contributed by atoms with E-state index in [9.17, 15) is 9.59 Å². The van der Waals surface area contributed by atoms with Gasteiger partial charge in [0.05, 0.1) is 0 Å². The second-order valence-corrected chi connectivity index (χ2v) is 7.19. The molecule has 0 saturated carbocycles. The first kappa shape index (κ1) is 22.1. The molecule has 0 aliphatic carbocycles. The molecule has 0 rings (SSSR count). The zero-order valence-electron chi connectivity index (χ0n) is 15.4. The van der Waals surface area contributed by atoms with Gasteiger partial charge in [0.1, 0.15) is 11.7 Å². The van der Waals surface area contributed by atoms with E-state index in [2.05, 4.69) is 6.92 Å². The Bertz CT molecular complexity index is 301. The molecule has 0 aliphatic rings. The number of aldehydes is 1. The minimum Gasteiger partial charge on any atom is -0.481 e. The molecule has 136 valence electrons. The fraction of sp³-hybridized carbons (Fsp3) is 0.900. The van der Waals surface area contributed by atoms with Crippen molar-refractivity contribution in [3.63, 3.8) is 0 Å². The number of hydrogen-bond donors (Lipinski definition) is 1. The summed E-state index contributed by atoms with van der Waals surface area (Å²) >= 11 is 0. The lowest BCUT2D eigenvalue weighted by Gasteiger charge is -2.16. The number of rotatable bonds is 17. The van der Waals surface area contributed by atoms with Gasteiger partial charge in [0.25, 0.3) is 0 Å². The minimum absolute atomic E-state index is 0.462. The predicted octanol–water partition coefficient (Wildman–Crippen LogP) is 6.15. The van der Waals surface area contributed by atoms with Gasteiger partial charge in [-0.05, 0) is 13.3 Å². The molecule has 0 spiro atoms. The summed E-state index contributed by atoms with van der Waals surface area (Å²) < 4.78 is 0. The molecule has 0 aromatic rings. The number of carboxylic acid groups (broad SMARTS) is 1. The van der Waals surface area contributed by atoms with Crippen molar-refractivity contribution >= 4 is 12.3 Å². The van der Waals surface area contributed by atoms with Crippen molar-refractivity contribution in [2.75, 3.05) is 0 Å². The van der Waals surface area contributed by atoms with E-state index in [-0.39, 0.29) is 0 Å². The molecular weight excluding hydrogens is 288 g/mol. The first-order valence-electron chi connectivity index (χ1n) is 9.76. The highest BCUT2D eigenvalue weighted by molar-refractivity contribution is 5.91. The molecule has 0 radical (unpaired) electrons. The van der Waals surface area contributed by atoms with E-state index in [1.807, 2.05) is 0 Å². The lowest BCUT2D eigenvalue weighted by molar-refractivity contribution is -0.150. The van der Waals surface area contributed by atoms with Crippen molar-refractivity contribution < 1.29 is 14.7 Å². The molecule has 0 amide bonds. The van der Waals surface area contributed by atoms with Gasteiger partial charge >= 0.3 is 5.97 Å². The summed E-state index contributed by atoms with van der Waals surface area (Å²) in [6.45, 7) is 3.78. The first-order chi connectivity index (χ1) is 11.1. The normalized spacial score (nSPS) is 13.7. The fourth-order valence-corrected chi connectivity index (χ4v) is 2.90. The smallest absolute Gasteiger partial charge is 0.316 e. The van der Waals surface area contributed by atoms with E-state index in [0.29, 0.717) is 12.7 Å². The van der Waals surface area contributed by atoms with Gasteiger partial charge in [0.2, 0.25) is 0 Å². The molecule has 1 N–H and O–H groups in total. The standard InChI is InChI=1S/C20H38O3/c1-3-4-5-6-7-8-9-10-11-12-13-14-15-16-17-20(2,18-21)19(22)23/h18H,3-17H2,1-2H3,(H,22,23). The maximum Gasteiger partial charge on any atom is 0.316 e. The van der Waals surface area contributed by atoms with Crippen LogP contribution < -0.4 is 0 Å². The van der Waals surface area contributed by atoms with Crippen LogP contribution in [0, 0.1) is 5.41 Å². The van der Waals surface area contributed by atoms with Gasteiger partial charge in [-0.15, -0.1) is 0 Å². The second-order valence-electron chi connectivity index (χ2n) is 7.19. The van der Waals surface area contributed by atoms with Crippen LogP contribution in [0.25, 0.3) is 0 Å². The summed E-state index contributed by atoms with van der Waals surface area (Å²) in [7, 11) is 0. The van der Waals surface area contributed by atoms with Gasteiger partial charge in [-0.25, -0.2) is 0 Å². The molecule has 0 aromatic heterocycles. The molecule has 0 aliphatic heterocycles. The molecule has 0 saturated heterocycles. The van der Waals surface area contributed by atoms with Crippen LogP contribution in [0.3, 0.4) is 0 Å². The summed E-state index contributed by atoms with van der Waals surface area (Å²) in [4.78, 5) is 21.8. The van der Waals surface area contributed by atoms with Crippen molar-refractivity contribution in [2.45, 2.75) is 110 Å². The van der Waals surface area contributed by atoms with Crippen LogP contribution in [0.15, 0.2) is 0 Å². The number of hydrogen-bond acceptors (Lipinski definition) is 2. The monoisotopic (exact) mass is 326 g/mol. The number of unbranched alkanes of at least 4 members (excludes halogenated alkanes) is 13. The van der Waals surface area contributed by atoms with Crippen molar-refractivity contribution in [2.24, 2.45) is 5.41 Å². The third-order valence-electron chi connectivity index (χ3n) is 4.80. The van der Waals surface area contributed by atoms with Crippen LogP contribution in [0.5, 0.6) is 0 Å². The first-order valence-corrected chi connectivity index (χ1v) is 9.76. The Morgan fingerprint density at radius 2 is 1.13 bits per heavy atom. The van der Waals surface area contributed by atoms with Crippen molar-refractivity contribution in [1.29, 1.82) is 0 Å². The van der Waals surface area contributed by atoms with Crippen LogP contribution in [0.4, 0.5) is 0 Å². The summed E-state index contributed by atoms with van der Waals surface area (Å²) in [6, 6.07) is 0. The largest absolute Gasteiger partial charge is 0.481 e. The maximum absolute atomic E-state index is 11.0. The van der Waals surface area contributed by atoms with Crippen molar-refractivity contribution in [1.82, 2.24) is 0 Å². The number of aliphatic carboxylic acids is 1. The Morgan fingerprint density at radius 3 is 1.43 bits per heavy atom. The lowest BCUT2D eigenvalue weighted by atomic mass is 9.86. The zero-order valence-corrected chi connectivity index (χ0v) is 15.4. The second kappa shape index (κ2) is 14.7. The SMILES string of the molecule is CCCCCCCCCCCCCCCCC(C)(C=O)C(=O)O. The van der Waals surface area contributed by atoms with E-state index < -0.39 is 11.4 Å². The molecule has 0 aromatic carbocycles. The Hall–Kier alpha value is -0.860. The average molecular weight is 327 g/mol. The van der Waals surface area contributed by atoms with E-state index in [1.165, 1.54) is 77.6 Å². The molecule has 3 heteroatoms. The Morgan fingerprint density at radius 1 is 0.783 bits per heavy atom. The summed E-state index contributed by atoms with van der Waals surface area (Å²) in [5, 5.41) is 9.01. The van der Waals surface area contributed by atoms with Crippen molar-refractivity contribution in [3.05, 3.63) is 0 Å². The molecular formula is C20H38O3. The summed E-state index contributed by atoms with van der Waals surface area (Å²) in [5.41, 5.74) is -1.18. The molecule has 1 atom stereocenters. The molecule has 0 fully saturated rings. The van der Waals surface area contributed by atoms with Gasteiger partial charge in [-0.1, -0.05) is 96.8 Å². The fourth-order valence-electron chi connectivity index (χ4n) is 2.90. The van der Waals surface area contributed by atoms with E-state index >= 15 is 0 Å². The number of carbonyl (C=O) groups is 2. The molecule has 1 unspecified atom stereocenters. The Kier molecular flexibility index (Phi) is 14.2. The maximum atomic E-state index is 11.0. The zero-order chi connectivity index (χ0) is 17.4. The predicted molar refractivity (Wildman–Crippen MR) is 96.7 cm³/mol. The van der Waals surface area contributed by atoms with Crippen LogP contribution in [0.1, 0.15) is 110 Å². The van der Waals surface area contributed by atoms with Gasteiger partial charge in [-0.3, -0.25) is 4.79 Å². The van der Waals surface area contributed by atoms with Crippen LogP contribution in [-0.4, -0.2) is 17.4 Å². The van der Waals surface area contributed by atoms with Crippen LogP contribution >= 0.6 is 0 Å². The van der Waals surface area contributed by atoms with Crippen LogP contribution in [-0.2, 0) is 9.59 Å². The Labute approximate surface area is 143 Å². The molecule has 3 nitrogen and oxygen atoms in total. The third kappa shape index (κ3) is 12.3. The topological polar surface area (TPSA) is 54.4 Å². The van der Waals surface area contributed by atoms with Gasteiger partial charge in [0, 0.05) is 0 Å². The molecule has 0 heterocycles. The average Bonchev–Trinajstić information content (AvgIpc) is 2.54. The van der Waals surface area contributed by atoms with Gasteiger partial charge in [0.15, 0.2) is 0 Å². The molecule has 23 heavy (non-hydrogen) atoms. The van der Waals surface area contributed by atoms with Gasteiger partial charge < -0.3 is 9.90 Å². The third-order valence-corrected chi connectivity index (χ3v) is 4.80. The highest BCUT2D eigenvalue weighted by Gasteiger charge is 2.31. The van der Waals surface area contributed by atoms with E-state index in [4.69, 9.17) is 5.11 Å².